The van der Waals surface area contributed by atoms with Gasteiger partial charge in [0.25, 0.3) is 5.91 Å². The van der Waals surface area contributed by atoms with Gasteiger partial charge in [0.15, 0.2) is 11.7 Å². The molecule has 1 aliphatic heterocycles. The zero-order valence-corrected chi connectivity index (χ0v) is 19.4. The Bertz CT molecular complexity index is 1030. The Morgan fingerprint density at radius 1 is 1.12 bits per heavy atom. The van der Waals surface area contributed by atoms with E-state index in [9.17, 15) is 4.79 Å². The number of hydrogen-bond acceptors (Lipinski definition) is 7. The molecular formula is C24H29N3O4S. The molecule has 3 aromatic rings. The van der Waals surface area contributed by atoms with E-state index < -0.39 is 0 Å². The van der Waals surface area contributed by atoms with Gasteiger partial charge < -0.3 is 14.2 Å². The molecule has 2 heterocycles. The first kappa shape index (κ1) is 22.5. The molecule has 0 radical (unpaired) electrons. The highest BCUT2D eigenvalue weighted by molar-refractivity contribution is 7.22. The number of hydrogen-bond donors (Lipinski definition) is 0. The topological polar surface area (TPSA) is 64.1 Å². The first-order chi connectivity index (χ1) is 15.6. The molecule has 0 saturated carbocycles. The number of rotatable bonds is 9. The lowest BCUT2D eigenvalue weighted by atomic mass is 10.2. The van der Waals surface area contributed by atoms with Gasteiger partial charge in [-0.15, -0.1) is 0 Å². The third-order valence-electron chi connectivity index (χ3n) is 5.31. The van der Waals surface area contributed by atoms with E-state index in [0.717, 1.165) is 48.8 Å². The predicted molar refractivity (Wildman–Crippen MR) is 127 cm³/mol. The summed E-state index contributed by atoms with van der Waals surface area (Å²) in [5.41, 5.74) is 2.09. The molecule has 1 fully saturated rings. The molecule has 1 aliphatic rings. The van der Waals surface area contributed by atoms with Gasteiger partial charge in [0.2, 0.25) is 0 Å². The average molecular weight is 456 g/mol. The molecule has 1 saturated heterocycles. The van der Waals surface area contributed by atoms with Gasteiger partial charge in [-0.1, -0.05) is 17.4 Å². The van der Waals surface area contributed by atoms with Crippen LogP contribution < -0.4 is 14.4 Å². The van der Waals surface area contributed by atoms with Crippen LogP contribution in [-0.2, 0) is 9.53 Å². The van der Waals surface area contributed by atoms with Gasteiger partial charge in [0.05, 0.1) is 30.0 Å². The number of amides is 1. The van der Waals surface area contributed by atoms with Crippen molar-refractivity contribution in [2.24, 2.45) is 0 Å². The number of aromatic nitrogens is 1. The van der Waals surface area contributed by atoms with Gasteiger partial charge in [-0.3, -0.25) is 14.6 Å². The third-order valence-corrected chi connectivity index (χ3v) is 6.35. The van der Waals surface area contributed by atoms with Crippen LogP contribution in [-0.4, -0.2) is 68.4 Å². The van der Waals surface area contributed by atoms with Gasteiger partial charge in [0, 0.05) is 26.2 Å². The number of nitrogens with zero attached hydrogens (tertiary/aromatic N) is 3. The quantitative estimate of drug-likeness (QED) is 0.490. The number of fused-ring (bicyclic) bond motifs is 1. The van der Waals surface area contributed by atoms with Crippen molar-refractivity contribution >= 4 is 32.6 Å². The van der Waals surface area contributed by atoms with Crippen LogP contribution in [0.15, 0.2) is 42.5 Å². The number of carbonyl (C=O) groups is 1. The van der Waals surface area contributed by atoms with Crippen molar-refractivity contribution in [3.05, 3.63) is 48.0 Å². The summed E-state index contributed by atoms with van der Waals surface area (Å²) in [5, 5.41) is 0.708. The molecular weight excluding hydrogens is 426 g/mol. The van der Waals surface area contributed by atoms with Gasteiger partial charge in [0.1, 0.15) is 11.5 Å². The largest absolute Gasteiger partial charge is 0.494 e. The smallest absolute Gasteiger partial charge is 0.266 e. The Morgan fingerprint density at radius 3 is 2.56 bits per heavy atom. The van der Waals surface area contributed by atoms with Gasteiger partial charge in [-0.05, 0) is 55.8 Å². The summed E-state index contributed by atoms with van der Waals surface area (Å²) in [4.78, 5) is 22.0. The zero-order chi connectivity index (χ0) is 22.3. The summed E-state index contributed by atoms with van der Waals surface area (Å²) >= 11 is 1.54. The number of benzene rings is 2. The number of morpholine rings is 1. The molecule has 1 amide bonds. The number of carbonyl (C=O) groups excluding carboxylic acids is 1. The molecule has 0 N–H and O–H groups in total. The van der Waals surface area contributed by atoms with E-state index in [1.54, 1.807) is 16.2 Å². The molecule has 2 aromatic carbocycles. The first-order valence-electron chi connectivity index (χ1n) is 11.0. The summed E-state index contributed by atoms with van der Waals surface area (Å²) in [7, 11) is 0. The minimum absolute atomic E-state index is 0.0496. The Hall–Kier alpha value is -2.68. The maximum Gasteiger partial charge on any atom is 0.266 e. The van der Waals surface area contributed by atoms with Crippen molar-refractivity contribution in [3.63, 3.8) is 0 Å². The average Bonchev–Trinajstić information content (AvgIpc) is 3.22. The van der Waals surface area contributed by atoms with E-state index in [-0.39, 0.29) is 12.5 Å². The number of anilines is 1. The Balaban J connectivity index is 1.47. The minimum atomic E-state index is -0.108. The summed E-state index contributed by atoms with van der Waals surface area (Å²) in [6.07, 6.45) is 0. The van der Waals surface area contributed by atoms with Crippen LogP contribution in [0.25, 0.3) is 10.2 Å². The second kappa shape index (κ2) is 10.8. The SMILES string of the molecule is CCOc1ccc(OCC(=O)N(CCN2CCOCC2)c2nc3ccc(C)cc3s2)cc1. The Labute approximate surface area is 192 Å². The van der Waals surface area contributed by atoms with Crippen LogP contribution in [0.4, 0.5) is 5.13 Å². The molecule has 1 aromatic heterocycles. The van der Waals surface area contributed by atoms with E-state index in [1.165, 1.54) is 5.56 Å². The standard InChI is InChI=1S/C24H29N3O4S/c1-3-30-19-5-7-20(8-6-19)31-17-23(28)27(11-10-26-12-14-29-15-13-26)24-25-21-9-4-18(2)16-22(21)32-24/h4-9,16H,3,10-15,17H2,1-2H3. The Kier molecular flexibility index (Phi) is 7.57. The van der Waals surface area contributed by atoms with E-state index in [2.05, 4.69) is 17.9 Å². The summed E-state index contributed by atoms with van der Waals surface area (Å²) < 4.78 is 17.8. The predicted octanol–water partition coefficient (Wildman–Crippen LogP) is 3.75. The minimum Gasteiger partial charge on any atom is -0.494 e. The molecule has 0 aliphatic carbocycles. The van der Waals surface area contributed by atoms with Crippen molar-refractivity contribution < 1.29 is 19.0 Å². The van der Waals surface area contributed by atoms with Gasteiger partial charge in [-0.25, -0.2) is 4.98 Å². The van der Waals surface area contributed by atoms with Crippen LogP contribution in [0.3, 0.4) is 0 Å². The molecule has 0 spiro atoms. The molecule has 4 rings (SSSR count). The lowest BCUT2D eigenvalue weighted by Crippen LogP contribution is -2.44. The molecule has 170 valence electrons. The highest BCUT2D eigenvalue weighted by Crippen LogP contribution is 2.30. The fraction of sp³-hybridized carbons (Fsp3) is 0.417. The molecule has 8 heteroatoms. The number of ether oxygens (including phenoxy) is 3. The normalized spacial score (nSPS) is 14.4. The lowest BCUT2D eigenvalue weighted by molar-refractivity contribution is -0.120. The van der Waals surface area contributed by atoms with Crippen LogP contribution in [0.2, 0.25) is 0 Å². The third kappa shape index (κ3) is 5.76. The summed E-state index contributed by atoms with van der Waals surface area (Å²) in [5.74, 6) is 1.31. The van der Waals surface area contributed by atoms with Crippen molar-refractivity contribution in [2.75, 3.05) is 57.5 Å². The number of aryl methyl sites for hydroxylation is 1. The maximum absolute atomic E-state index is 13.2. The van der Waals surface area contributed by atoms with Crippen LogP contribution in [0, 0.1) is 6.92 Å². The first-order valence-corrected chi connectivity index (χ1v) is 11.8. The van der Waals surface area contributed by atoms with Crippen LogP contribution >= 0.6 is 11.3 Å². The van der Waals surface area contributed by atoms with E-state index >= 15 is 0 Å². The second-order valence-electron chi connectivity index (χ2n) is 7.66. The zero-order valence-electron chi connectivity index (χ0n) is 18.6. The van der Waals surface area contributed by atoms with Crippen molar-refractivity contribution in [1.29, 1.82) is 0 Å². The lowest BCUT2D eigenvalue weighted by Gasteiger charge is -2.29. The van der Waals surface area contributed by atoms with E-state index in [1.807, 2.05) is 43.3 Å². The molecule has 32 heavy (non-hydrogen) atoms. The fourth-order valence-corrected chi connectivity index (χ4v) is 4.66. The van der Waals surface area contributed by atoms with Gasteiger partial charge >= 0.3 is 0 Å². The van der Waals surface area contributed by atoms with Crippen LogP contribution in [0.5, 0.6) is 11.5 Å². The molecule has 7 nitrogen and oxygen atoms in total. The van der Waals surface area contributed by atoms with Gasteiger partial charge in [-0.2, -0.15) is 0 Å². The van der Waals surface area contributed by atoms with E-state index in [4.69, 9.17) is 19.2 Å². The molecule has 0 atom stereocenters. The molecule has 0 bridgehead atoms. The van der Waals surface area contributed by atoms with E-state index in [0.29, 0.717) is 24.0 Å². The van der Waals surface area contributed by atoms with Crippen molar-refractivity contribution in [3.8, 4) is 11.5 Å². The number of thiazole rings is 1. The highest BCUT2D eigenvalue weighted by atomic mass is 32.1. The Morgan fingerprint density at radius 2 is 1.84 bits per heavy atom. The molecule has 0 unspecified atom stereocenters. The van der Waals surface area contributed by atoms with Crippen molar-refractivity contribution in [1.82, 2.24) is 9.88 Å². The van der Waals surface area contributed by atoms with Crippen LogP contribution in [0.1, 0.15) is 12.5 Å². The summed E-state index contributed by atoms with van der Waals surface area (Å²) in [6, 6.07) is 13.5. The maximum atomic E-state index is 13.2. The van der Waals surface area contributed by atoms with Crippen molar-refractivity contribution in [2.45, 2.75) is 13.8 Å². The fourth-order valence-electron chi connectivity index (χ4n) is 3.55. The second-order valence-corrected chi connectivity index (χ2v) is 8.67. The highest BCUT2D eigenvalue weighted by Gasteiger charge is 2.22. The monoisotopic (exact) mass is 455 g/mol. The summed E-state index contributed by atoms with van der Waals surface area (Å²) in [6.45, 7) is 9.11.